The Bertz CT molecular complexity index is 391. The van der Waals surface area contributed by atoms with Crippen molar-refractivity contribution in [2.75, 3.05) is 5.32 Å². The molecule has 0 aliphatic rings. The highest BCUT2D eigenvalue weighted by Crippen LogP contribution is 2.18. The Labute approximate surface area is 83.3 Å². The molecule has 1 aromatic rings. The number of nitrogens with one attached hydrogen (secondary N) is 1. The van der Waals surface area contributed by atoms with Crippen molar-refractivity contribution in [3.63, 3.8) is 0 Å². The minimum Gasteiger partial charge on any atom is -0.326 e. The van der Waals surface area contributed by atoms with Crippen molar-refractivity contribution in [3.8, 4) is 12.3 Å². The molecule has 0 atom stereocenters. The Hall–Kier alpha value is -1.79. The summed E-state index contributed by atoms with van der Waals surface area (Å²) in [6.07, 6.45) is 4.95. The molecule has 3 heteroatoms. The average Bonchev–Trinajstić information content (AvgIpc) is 2.21. The van der Waals surface area contributed by atoms with Gasteiger partial charge >= 0.3 is 0 Å². The van der Waals surface area contributed by atoms with Gasteiger partial charge in [-0.2, -0.15) is 0 Å². The largest absolute Gasteiger partial charge is 0.326 e. The van der Waals surface area contributed by atoms with Gasteiger partial charge in [-0.1, -0.05) is 12.1 Å². The number of terminal acetylenes is 1. The summed E-state index contributed by atoms with van der Waals surface area (Å²) >= 11 is 0. The smallest absolute Gasteiger partial charge is 0.300 e. The number of hydrogen-bond donors (Lipinski definition) is 2. The number of hydrogen-bond acceptors (Lipinski definition) is 2. The molecule has 3 N–H and O–H groups in total. The zero-order chi connectivity index (χ0) is 10.6. The fourth-order valence-corrected chi connectivity index (χ4v) is 1.20. The van der Waals surface area contributed by atoms with Gasteiger partial charge in [-0.3, -0.25) is 4.79 Å². The number of anilines is 1. The second-order valence-electron chi connectivity index (χ2n) is 2.89. The predicted molar refractivity (Wildman–Crippen MR) is 56.5 cm³/mol. The first-order valence-electron chi connectivity index (χ1n) is 4.25. The van der Waals surface area contributed by atoms with Gasteiger partial charge < -0.3 is 11.1 Å². The van der Waals surface area contributed by atoms with Gasteiger partial charge in [0, 0.05) is 12.2 Å². The predicted octanol–water partition coefficient (Wildman–Crippen LogP) is 1.03. The minimum atomic E-state index is -0.442. The van der Waals surface area contributed by atoms with Crippen molar-refractivity contribution < 1.29 is 4.79 Å². The Morgan fingerprint density at radius 2 is 2.36 bits per heavy atom. The molecular formula is C11H12N2O. The van der Waals surface area contributed by atoms with Crippen LogP contribution < -0.4 is 11.1 Å². The van der Waals surface area contributed by atoms with E-state index < -0.39 is 5.91 Å². The second kappa shape index (κ2) is 4.45. The third kappa shape index (κ3) is 2.12. The van der Waals surface area contributed by atoms with E-state index in [0.29, 0.717) is 6.54 Å². The standard InChI is InChI=1S/C11H12N2O/c1-3-11(14)13-10-6-4-5-9(7-12)8(10)2/h1,4-6H,7,12H2,2H3,(H,13,14). The molecule has 0 saturated carbocycles. The van der Waals surface area contributed by atoms with Gasteiger partial charge in [0.2, 0.25) is 0 Å². The van der Waals surface area contributed by atoms with Crippen molar-refractivity contribution in [3.05, 3.63) is 29.3 Å². The van der Waals surface area contributed by atoms with Gasteiger partial charge in [-0.25, -0.2) is 0 Å². The molecule has 0 aliphatic heterocycles. The van der Waals surface area contributed by atoms with Crippen LogP contribution in [0.3, 0.4) is 0 Å². The van der Waals surface area contributed by atoms with Gasteiger partial charge in [0.25, 0.3) is 5.91 Å². The van der Waals surface area contributed by atoms with Crippen LogP contribution in [0.15, 0.2) is 18.2 Å². The summed E-state index contributed by atoms with van der Waals surface area (Å²) in [7, 11) is 0. The molecule has 0 fully saturated rings. The van der Waals surface area contributed by atoms with Crippen LogP contribution in [-0.4, -0.2) is 5.91 Å². The molecule has 0 radical (unpaired) electrons. The van der Waals surface area contributed by atoms with Gasteiger partial charge in [0.15, 0.2) is 0 Å². The highest BCUT2D eigenvalue weighted by Gasteiger charge is 2.04. The number of carbonyl (C=O) groups is 1. The number of amides is 1. The van der Waals surface area contributed by atoms with Crippen LogP contribution in [0.1, 0.15) is 11.1 Å². The summed E-state index contributed by atoms with van der Waals surface area (Å²) in [6.45, 7) is 2.35. The molecule has 3 nitrogen and oxygen atoms in total. The normalized spacial score (nSPS) is 9.21. The van der Waals surface area contributed by atoms with Gasteiger partial charge in [-0.15, -0.1) is 6.42 Å². The zero-order valence-corrected chi connectivity index (χ0v) is 8.00. The highest BCUT2D eigenvalue weighted by atomic mass is 16.1. The Morgan fingerprint density at radius 3 is 2.93 bits per heavy atom. The Balaban J connectivity index is 2.99. The fraction of sp³-hybridized carbons (Fsp3) is 0.182. The molecule has 0 aromatic heterocycles. The van der Waals surface area contributed by atoms with Crippen LogP contribution in [0.25, 0.3) is 0 Å². The van der Waals surface area contributed by atoms with Crippen LogP contribution in [0.4, 0.5) is 5.69 Å². The highest BCUT2D eigenvalue weighted by molar-refractivity contribution is 6.03. The molecule has 0 unspecified atom stereocenters. The van der Waals surface area contributed by atoms with E-state index in [4.69, 9.17) is 12.2 Å². The van der Waals surface area contributed by atoms with E-state index in [1.807, 2.05) is 25.0 Å². The lowest BCUT2D eigenvalue weighted by molar-refractivity contribution is -0.111. The SMILES string of the molecule is C#CC(=O)Nc1cccc(CN)c1C. The number of nitrogens with two attached hydrogens (primary N) is 1. The molecule has 14 heavy (non-hydrogen) atoms. The third-order valence-corrected chi connectivity index (χ3v) is 2.05. The fourth-order valence-electron chi connectivity index (χ4n) is 1.20. The molecule has 1 rings (SSSR count). The van der Waals surface area contributed by atoms with Crippen molar-refractivity contribution in [1.82, 2.24) is 0 Å². The van der Waals surface area contributed by atoms with Crippen LogP contribution in [0, 0.1) is 19.3 Å². The van der Waals surface area contributed by atoms with E-state index in [1.165, 1.54) is 0 Å². The summed E-state index contributed by atoms with van der Waals surface area (Å²) < 4.78 is 0. The molecule has 0 saturated heterocycles. The van der Waals surface area contributed by atoms with Crippen molar-refractivity contribution in [1.29, 1.82) is 0 Å². The Kier molecular flexibility index (Phi) is 3.27. The van der Waals surface area contributed by atoms with Crippen molar-refractivity contribution in [2.24, 2.45) is 5.73 Å². The molecule has 0 bridgehead atoms. The first-order valence-corrected chi connectivity index (χ1v) is 4.25. The first-order chi connectivity index (χ1) is 6.69. The molecule has 0 aliphatic carbocycles. The van der Waals surface area contributed by atoms with E-state index in [9.17, 15) is 4.79 Å². The lowest BCUT2D eigenvalue weighted by Gasteiger charge is -2.09. The molecule has 72 valence electrons. The first kappa shape index (κ1) is 10.3. The lowest BCUT2D eigenvalue weighted by Crippen LogP contribution is -2.10. The summed E-state index contributed by atoms with van der Waals surface area (Å²) in [5.41, 5.74) is 8.21. The summed E-state index contributed by atoms with van der Waals surface area (Å²) in [6, 6.07) is 5.55. The molecule has 0 spiro atoms. The van der Waals surface area contributed by atoms with Crippen molar-refractivity contribution >= 4 is 11.6 Å². The number of rotatable bonds is 2. The van der Waals surface area contributed by atoms with Crippen LogP contribution >= 0.6 is 0 Å². The third-order valence-electron chi connectivity index (χ3n) is 2.05. The van der Waals surface area contributed by atoms with E-state index in [-0.39, 0.29) is 0 Å². The summed E-state index contributed by atoms with van der Waals surface area (Å²) in [5, 5.41) is 2.60. The minimum absolute atomic E-state index is 0.442. The average molecular weight is 188 g/mol. The van der Waals surface area contributed by atoms with Crippen molar-refractivity contribution in [2.45, 2.75) is 13.5 Å². The van der Waals surface area contributed by atoms with Crippen LogP contribution in [0.2, 0.25) is 0 Å². The maximum absolute atomic E-state index is 11.0. The van der Waals surface area contributed by atoms with Gasteiger partial charge in [0.1, 0.15) is 0 Å². The molecular weight excluding hydrogens is 176 g/mol. The summed E-state index contributed by atoms with van der Waals surface area (Å²) in [4.78, 5) is 11.0. The maximum atomic E-state index is 11.0. The topological polar surface area (TPSA) is 55.1 Å². The lowest BCUT2D eigenvalue weighted by atomic mass is 10.1. The molecule has 0 heterocycles. The van der Waals surface area contributed by atoms with Crippen LogP contribution in [-0.2, 0) is 11.3 Å². The second-order valence-corrected chi connectivity index (χ2v) is 2.89. The number of benzene rings is 1. The Morgan fingerprint density at radius 1 is 1.64 bits per heavy atom. The van der Waals surface area contributed by atoms with E-state index in [2.05, 4.69) is 5.32 Å². The quantitative estimate of drug-likeness (QED) is 0.681. The zero-order valence-electron chi connectivity index (χ0n) is 8.00. The number of carbonyl (C=O) groups excluding carboxylic acids is 1. The molecule has 1 amide bonds. The monoisotopic (exact) mass is 188 g/mol. The van der Waals surface area contributed by atoms with E-state index >= 15 is 0 Å². The van der Waals surface area contributed by atoms with E-state index in [1.54, 1.807) is 6.07 Å². The van der Waals surface area contributed by atoms with E-state index in [0.717, 1.165) is 16.8 Å². The molecule has 1 aromatic carbocycles. The van der Waals surface area contributed by atoms with Crippen LogP contribution in [0.5, 0.6) is 0 Å². The van der Waals surface area contributed by atoms with Gasteiger partial charge in [0.05, 0.1) is 0 Å². The maximum Gasteiger partial charge on any atom is 0.300 e. The summed E-state index contributed by atoms with van der Waals surface area (Å²) in [5.74, 6) is 1.55. The van der Waals surface area contributed by atoms with Gasteiger partial charge in [-0.05, 0) is 30.0 Å².